The van der Waals surface area contributed by atoms with Crippen LogP contribution in [0.5, 0.6) is 0 Å². The normalized spacial score (nSPS) is 15.8. The van der Waals surface area contributed by atoms with Crippen molar-refractivity contribution in [2.24, 2.45) is 0 Å². The Bertz CT molecular complexity index is 1310. The van der Waals surface area contributed by atoms with Crippen LogP contribution in [0.3, 0.4) is 0 Å². The summed E-state index contributed by atoms with van der Waals surface area (Å²) in [5.74, 6) is -0.140. The molecule has 4 N–H and O–H groups in total. The maximum Gasteiger partial charge on any atom is 0.251 e. The molecule has 3 amide bonds. The largest absolute Gasteiger partial charge is 0.355 e. The van der Waals surface area contributed by atoms with Crippen molar-refractivity contribution in [1.82, 2.24) is 41.5 Å². The lowest BCUT2D eigenvalue weighted by Crippen LogP contribution is -2.45. The van der Waals surface area contributed by atoms with Gasteiger partial charge in [0.2, 0.25) is 5.91 Å². The summed E-state index contributed by atoms with van der Waals surface area (Å²) in [5, 5.41) is 33.1. The van der Waals surface area contributed by atoms with Gasteiger partial charge in [-0.2, -0.15) is 10.5 Å². The Morgan fingerprint density at radius 3 is 2.10 bits per heavy atom. The molecule has 1 aliphatic heterocycles. The van der Waals surface area contributed by atoms with Gasteiger partial charge in [0.05, 0.1) is 18.0 Å². The predicted molar refractivity (Wildman–Crippen MR) is 146 cm³/mol. The third-order valence-corrected chi connectivity index (χ3v) is 7.40. The van der Waals surface area contributed by atoms with Gasteiger partial charge in [-0.1, -0.05) is 29.5 Å². The highest BCUT2D eigenvalue weighted by Gasteiger charge is 2.42. The van der Waals surface area contributed by atoms with E-state index in [1.54, 1.807) is 43.3 Å². The van der Waals surface area contributed by atoms with E-state index in [9.17, 15) is 19.6 Å². The molecule has 208 valence electrons. The van der Waals surface area contributed by atoms with Gasteiger partial charge in [0.25, 0.3) is 11.8 Å². The number of benzene rings is 2. The Balaban J connectivity index is 1.72. The van der Waals surface area contributed by atoms with Gasteiger partial charge in [-0.25, -0.2) is 0 Å². The van der Waals surface area contributed by atoms with Crippen LogP contribution < -0.4 is 16.0 Å². The van der Waals surface area contributed by atoms with Crippen molar-refractivity contribution in [2.75, 3.05) is 27.2 Å². The molecule has 0 radical (unpaired) electrons. The number of nitrogens with zero attached hydrogens (tertiary/aromatic N) is 5. The van der Waals surface area contributed by atoms with Crippen LogP contribution in [0.1, 0.15) is 63.9 Å². The molecule has 4 rings (SSSR count). The molecular formula is C28H33N9O3. The average molecular weight is 544 g/mol. The van der Waals surface area contributed by atoms with Gasteiger partial charge in [0.1, 0.15) is 6.04 Å². The fraction of sp³-hybridized carbons (Fsp3) is 0.393. The summed E-state index contributed by atoms with van der Waals surface area (Å²) in [7, 11) is 3.15. The second kappa shape index (κ2) is 12.5. The highest BCUT2D eigenvalue weighted by atomic mass is 16.2. The van der Waals surface area contributed by atoms with E-state index >= 15 is 0 Å². The number of rotatable bonds is 10. The maximum absolute atomic E-state index is 12.9. The first-order valence-corrected chi connectivity index (χ1v) is 13.2. The highest BCUT2D eigenvalue weighted by Crippen LogP contribution is 2.41. The quantitative estimate of drug-likeness (QED) is 0.295. The maximum atomic E-state index is 12.9. The zero-order valence-corrected chi connectivity index (χ0v) is 22.8. The Kier molecular flexibility index (Phi) is 8.86. The lowest BCUT2D eigenvalue weighted by atomic mass is 9.69. The summed E-state index contributed by atoms with van der Waals surface area (Å²) in [5.41, 5.74) is 1.65. The molecule has 12 heteroatoms. The summed E-state index contributed by atoms with van der Waals surface area (Å²) in [6.07, 6.45) is 1.93. The minimum absolute atomic E-state index is 0.0763. The van der Waals surface area contributed by atoms with Crippen molar-refractivity contribution in [1.29, 1.82) is 5.26 Å². The number of H-pyrrole nitrogens is 1. The third-order valence-electron chi connectivity index (χ3n) is 7.40. The highest BCUT2D eigenvalue weighted by molar-refractivity contribution is 5.94. The summed E-state index contributed by atoms with van der Waals surface area (Å²) in [6.45, 7) is 2.62. The number of carbonyl (C=O) groups is 3. The second-order valence-corrected chi connectivity index (χ2v) is 9.81. The molecule has 3 aromatic rings. The van der Waals surface area contributed by atoms with Crippen LogP contribution in [-0.4, -0.2) is 82.5 Å². The van der Waals surface area contributed by atoms with Crippen LogP contribution in [-0.2, 0) is 10.2 Å². The number of tetrazole rings is 1. The van der Waals surface area contributed by atoms with Crippen LogP contribution in [0.4, 0.5) is 0 Å². The molecular weight excluding hydrogens is 510 g/mol. The summed E-state index contributed by atoms with van der Waals surface area (Å²) >= 11 is 0. The molecule has 1 saturated heterocycles. The van der Waals surface area contributed by atoms with Crippen molar-refractivity contribution in [3.05, 3.63) is 76.6 Å². The van der Waals surface area contributed by atoms with Gasteiger partial charge >= 0.3 is 0 Å². The molecule has 40 heavy (non-hydrogen) atoms. The zero-order chi connectivity index (χ0) is 28.7. The number of nitrogens with one attached hydrogen (secondary N) is 4. The molecule has 1 aromatic heterocycles. The molecule has 1 unspecified atom stereocenters. The zero-order valence-electron chi connectivity index (χ0n) is 22.8. The number of carbonyl (C=O) groups excluding carboxylic acids is 3. The molecule has 1 fully saturated rings. The van der Waals surface area contributed by atoms with Gasteiger partial charge in [-0.3, -0.25) is 14.4 Å². The van der Waals surface area contributed by atoms with Crippen molar-refractivity contribution >= 4 is 17.7 Å². The van der Waals surface area contributed by atoms with Gasteiger partial charge in [0, 0.05) is 37.8 Å². The summed E-state index contributed by atoms with van der Waals surface area (Å²) < 4.78 is 0. The van der Waals surface area contributed by atoms with E-state index < -0.39 is 5.41 Å². The molecule has 2 atom stereocenters. The van der Waals surface area contributed by atoms with Crippen LogP contribution >= 0.6 is 0 Å². The van der Waals surface area contributed by atoms with Crippen LogP contribution in [0.2, 0.25) is 0 Å². The fourth-order valence-corrected chi connectivity index (χ4v) is 5.29. The van der Waals surface area contributed by atoms with Gasteiger partial charge < -0.3 is 20.9 Å². The van der Waals surface area contributed by atoms with Gasteiger partial charge in [-0.15, -0.1) is 10.2 Å². The van der Waals surface area contributed by atoms with Gasteiger partial charge in [-0.05, 0) is 61.6 Å². The Hall–Kier alpha value is -4.63. The number of nitriles is 1. The van der Waals surface area contributed by atoms with Crippen molar-refractivity contribution in [2.45, 2.75) is 43.7 Å². The first-order valence-electron chi connectivity index (χ1n) is 13.2. The first-order chi connectivity index (χ1) is 19.3. The van der Waals surface area contributed by atoms with Crippen molar-refractivity contribution < 1.29 is 14.4 Å². The smallest absolute Gasteiger partial charge is 0.251 e. The number of hydrogen-bond donors (Lipinski definition) is 4. The predicted octanol–water partition coefficient (Wildman–Crippen LogP) is 1.14. The fourth-order valence-electron chi connectivity index (χ4n) is 5.29. The molecule has 1 aliphatic rings. The van der Waals surface area contributed by atoms with E-state index in [1.165, 1.54) is 0 Å². The van der Waals surface area contributed by atoms with Crippen LogP contribution in [0, 0.1) is 11.3 Å². The summed E-state index contributed by atoms with van der Waals surface area (Å²) in [6, 6.07) is 16.0. The number of aromatic amines is 1. The standard InChI is InChI=1S/C28H33N9O3/c1-18(32-17-24(38)37-14-4-5-23(37)16-29)15-28(27-33-35-36-34-27,21-10-6-19(7-11-21)25(39)30-2)22-12-8-20(9-13-22)26(40)31-3/h6-13,18,23,32H,4-5,14-15,17H2,1-3H3,(H,30,39)(H,31,40)(H,33,34,35,36)/t18-,23?/m0/s1. The molecule has 12 nitrogen and oxygen atoms in total. The van der Waals surface area contributed by atoms with Crippen molar-refractivity contribution in [3.8, 4) is 6.07 Å². The molecule has 0 spiro atoms. The Morgan fingerprint density at radius 2 is 1.62 bits per heavy atom. The molecule has 2 aromatic carbocycles. The van der Waals surface area contributed by atoms with E-state index in [4.69, 9.17) is 0 Å². The summed E-state index contributed by atoms with van der Waals surface area (Å²) in [4.78, 5) is 39.0. The van der Waals surface area contributed by atoms with E-state index in [0.717, 1.165) is 17.5 Å². The van der Waals surface area contributed by atoms with E-state index in [2.05, 4.69) is 42.6 Å². The lowest BCUT2D eigenvalue weighted by Gasteiger charge is -2.35. The molecule has 2 heterocycles. The topological polar surface area (TPSA) is 169 Å². The molecule has 0 saturated carbocycles. The SMILES string of the molecule is CNC(=O)c1ccc(C(C[C@H](C)NCC(=O)N2CCCC2C#N)(c2ccc(C(=O)NC)cc2)c2nn[nH]n2)cc1. The molecule has 0 bridgehead atoms. The number of aromatic nitrogens is 4. The second-order valence-electron chi connectivity index (χ2n) is 9.81. The van der Waals surface area contributed by atoms with Crippen molar-refractivity contribution in [3.63, 3.8) is 0 Å². The first kappa shape index (κ1) is 28.4. The lowest BCUT2D eigenvalue weighted by molar-refractivity contribution is -0.130. The minimum Gasteiger partial charge on any atom is -0.355 e. The number of amides is 3. The van der Waals surface area contributed by atoms with E-state index in [-0.39, 0.29) is 36.3 Å². The van der Waals surface area contributed by atoms with Gasteiger partial charge in [0.15, 0.2) is 5.82 Å². The van der Waals surface area contributed by atoms with E-state index in [1.807, 2.05) is 31.2 Å². The minimum atomic E-state index is -0.951. The van der Waals surface area contributed by atoms with E-state index in [0.29, 0.717) is 36.3 Å². The van der Waals surface area contributed by atoms with Crippen LogP contribution in [0.15, 0.2) is 48.5 Å². The van der Waals surface area contributed by atoms with Crippen LogP contribution in [0.25, 0.3) is 0 Å². The third kappa shape index (κ3) is 5.69. The number of likely N-dealkylation sites (tertiary alicyclic amines) is 1. The monoisotopic (exact) mass is 543 g/mol. The Morgan fingerprint density at radius 1 is 1.05 bits per heavy atom. The molecule has 0 aliphatic carbocycles. The number of hydrogen-bond acceptors (Lipinski definition) is 8. The average Bonchev–Trinajstić information content (AvgIpc) is 3.71. The Labute approximate surface area is 232 Å².